The first kappa shape index (κ1) is 11.5. The molecule has 0 bridgehead atoms. The van der Waals surface area contributed by atoms with Crippen molar-refractivity contribution in [2.24, 2.45) is 5.73 Å². The fourth-order valence-corrected chi connectivity index (χ4v) is 1.62. The maximum absolute atomic E-state index is 11.3. The van der Waals surface area contributed by atoms with Crippen LogP contribution in [0.5, 0.6) is 0 Å². The second-order valence-corrected chi connectivity index (χ2v) is 4.19. The average molecular weight is 278 g/mol. The third kappa shape index (κ3) is 2.97. The molecule has 0 unspecified atom stereocenters. The highest BCUT2D eigenvalue weighted by atomic mass is 79.9. The summed E-state index contributed by atoms with van der Waals surface area (Å²) in [7, 11) is 0. The maximum atomic E-state index is 11.3. The van der Waals surface area contributed by atoms with E-state index in [1.54, 1.807) is 25.1 Å². The fraction of sp³-hybridized carbons (Fsp3) is 0.222. The highest BCUT2D eigenvalue weighted by molar-refractivity contribution is 9.10. The zero-order chi connectivity index (χ0) is 10.7. The number of nitrogens with one attached hydrogen (secondary N) is 1. The Labute approximate surface area is 95.7 Å². The minimum atomic E-state index is -0.530. The summed E-state index contributed by atoms with van der Waals surface area (Å²) in [5, 5.41) is 3.27. The van der Waals surface area contributed by atoms with Crippen LogP contribution in [-0.4, -0.2) is 11.9 Å². The lowest BCUT2D eigenvalue weighted by molar-refractivity contribution is -0.117. The van der Waals surface area contributed by atoms with Gasteiger partial charge in [0, 0.05) is 9.50 Å². The quantitative estimate of drug-likeness (QED) is 0.872. The van der Waals surface area contributed by atoms with Crippen molar-refractivity contribution in [1.29, 1.82) is 0 Å². The second kappa shape index (κ2) is 4.77. The Bertz CT molecular complexity index is 355. The number of rotatable bonds is 2. The molecule has 0 aliphatic rings. The molecule has 76 valence electrons. The lowest BCUT2D eigenvalue weighted by atomic mass is 10.3. The van der Waals surface area contributed by atoms with Crippen molar-refractivity contribution in [2.45, 2.75) is 13.0 Å². The molecular weight excluding hydrogens is 267 g/mol. The van der Waals surface area contributed by atoms with E-state index in [0.717, 1.165) is 4.47 Å². The molecule has 14 heavy (non-hydrogen) atoms. The van der Waals surface area contributed by atoms with E-state index in [2.05, 4.69) is 21.2 Å². The molecule has 0 aliphatic heterocycles. The first-order valence-electron chi connectivity index (χ1n) is 4.02. The second-order valence-electron chi connectivity index (χ2n) is 2.90. The Balaban J connectivity index is 2.82. The molecule has 1 rings (SSSR count). The zero-order valence-electron chi connectivity index (χ0n) is 7.55. The summed E-state index contributed by atoms with van der Waals surface area (Å²) in [6.45, 7) is 1.62. The van der Waals surface area contributed by atoms with Crippen molar-refractivity contribution < 1.29 is 4.79 Å². The van der Waals surface area contributed by atoms with Crippen LogP contribution in [0.4, 0.5) is 5.69 Å². The normalized spacial score (nSPS) is 12.3. The molecule has 3 nitrogen and oxygen atoms in total. The first-order chi connectivity index (χ1) is 6.50. The summed E-state index contributed by atoms with van der Waals surface area (Å²) in [6, 6.07) is 4.59. The van der Waals surface area contributed by atoms with Gasteiger partial charge in [-0.05, 0) is 41.1 Å². The van der Waals surface area contributed by atoms with E-state index in [9.17, 15) is 4.79 Å². The number of hydrogen-bond acceptors (Lipinski definition) is 2. The molecule has 0 fully saturated rings. The number of anilines is 1. The summed E-state index contributed by atoms with van der Waals surface area (Å²) < 4.78 is 0.735. The summed E-state index contributed by atoms with van der Waals surface area (Å²) in [5.41, 5.74) is 6.07. The van der Waals surface area contributed by atoms with E-state index in [1.807, 2.05) is 0 Å². The van der Waals surface area contributed by atoms with E-state index in [0.29, 0.717) is 10.7 Å². The number of hydrogen-bond donors (Lipinski definition) is 2. The number of benzene rings is 1. The topological polar surface area (TPSA) is 55.1 Å². The Morgan fingerprint density at radius 2 is 2.29 bits per heavy atom. The number of halogens is 2. The molecule has 0 aromatic heterocycles. The molecule has 0 aliphatic carbocycles. The van der Waals surface area contributed by atoms with Crippen LogP contribution in [-0.2, 0) is 4.79 Å². The molecule has 0 spiro atoms. The smallest absolute Gasteiger partial charge is 0.241 e. The summed E-state index contributed by atoms with van der Waals surface area (Å²) >= 11 is 9.03. The van der Waals surface area contributed by atoms with Gasteiger partial charge in [0.25, 0.3) is 0 Å². The average Bonchev–Trinajstić information content (AvgIpc) is 2.09. The van der Waals surface area contributed by atoms with Crippen molar-refractivity contribution in [3.63, 3.8) is 0 Å². The van der Waals surface area contributed by atoms with Gasteiger partial charge in [-0.2, -0.15) is 0 Å². The summed E-state index contributed by atoms with van der Waals surface area (Å²) in [4.78, 5) is 11.3. The number of amides is 1. The van der Waals surface area contributed by atoms with Crippen LogP contribution in [0.25, 0.3) is 0 Å². The van der Waals surface area contributed by atoms with E-state index in [-0.39, 0.29) is 5.91 Å². The van der Waals surface area contributed by atoms with Crippen molar-refractivity contribution in [2.75, 3.05) is 5.32 Å². The van der Waals surface area contributed by atoms with Crippen LogP contribution in [0, 0.1) is 0 Å². The molecule has 1 atom stereocenters. The Morgan fingerprint density at radius 3 is 2.79 bits per heavy atom. The van der Waals surface area contributed by atoms with Gasteiger partial charge >= 0.3 is 0 Å². The van der Waals surface area contributed by atoms with Crippen molar-refractivity contribution in [3.8, 4) is 0 Å². The molecule has 1 aromatic carbocycles. The monoisotopic (exact) mass is 276 g/mol. The molecule has 0 heterocycles. The van der Waals surface area contributed by atoms with Gasteiger partial charge in [-0.1, -0.05) is 11.6 Å². The minimum Gasteiger partial charge on any atom is -0.324 e. The molecule has 0 radical (unpaired) electrons. The van der Waals surface area contributed by atoms with Crippen LogP contribution in [0.15, 0.2) is 22.7 Å². The van der Waals surface area contributed by atoms with Gasteiger partial charge in [-0.15, -0.1) is 0 Å². The predicted octanol–water partition coefficient (Wildman–Crippen LogP) is 2.39. The van der Waals surface area contributed by atoms with Gasteiger partial charge in [0.2, 0.25) is 5.91 Å². The standard InChI is InChI=1S/C9H10BrClN2O/c1-5(12)9(14)13-8-3-2-6(11)4-7(8)10/h2-5H,12H2,1H3,(H,13,14)/t5-/m1/s1. The van der Waals surface area contributed by atoms with Crippen LogP contribution in [0.2, 0.25) is 5.02 Å². The van der Waals surface area contributed by atoms with Crippen LogP contribution < -0.4 is 11.1 Å². The molecule has 5 heteroatoms. The molecule has 1 aromatic rings. The summed E-state index contributed by atoms with van der Waals surface area (Å²) in [5.74, 6) is -0.229. The lowest BCUT2D eigenvalue weighted by Crippen LogP contribution is -2.32. The third-order valence-electron chi connectivity index (χ3n) is 1.60. The van der Waals surface area contributed by atoms with Crippen molar-refractivity contribution >= 4 is 39.1 Å². The fourth-order valence-electron chi connectivity index (χ4n) is 0.837. The highest BCUT2D eigenvalue weighted by Gasteiger charge is 2.09. The van der Waals surface area contributed by atoms with Gasteiger partial charge in [-0.25, -0.2) is 0 Å². The van der Waals surface area contributed by atoms with Gasteiger partial charge in [0.05, 0.1) is 11.7 Å². The zero-order valence-corrected chi connectivity index (χ0v) is 9.89. The number of carbonyl (C=O) groups is 1. The maximum Gasteiger partial charge on any atom is 0.241 e. The van der Waals surface area contributed by atoms with Gasteiger partial charge in [0.15, 0.2) is 0 Å². The summed E-state index contributed by atoms with van der Waals surface area (Å²) in [6.07, 6.45) is 0. The molecule has 0 saturated heterocycles. The van der Waals surface area contributed by atoms with E-state index in [1.165, 1.54) is 0 Å². The van der Waals surface area contributed by atoms with Gasteiger partial charge < -0.3 is 11.1 Å². The SMILES string of the molecule is C[C@@H](N)C(=O)Nc1ccc(Cl)cc1Br. The predicted molar refractivity (Wildman–Crippen MR) is 61.4 cm³/mol. The number of nitrogens with two attached hydrogens (primary N) is 1. The molecular formula is C9H10BrClN2O. The van der Waals surface area contributed by atoms with E-state index in [4.69, 9.17) is 17.3 Å². The van der Waals surface area contributed by atoms with Crippen molar-refractivity contribution in [3.05, 3.63) is 27.7 Å². The molecule has 1 amide bonds. The Morgan fingerprint density at radius 1 is 1.64 bits per heavy atom. The minimum absolute atomic E-state index is 0.229. The largest absolute Gasteiger partial charge is 0.324 e. The van der Waals surface area contributed by atoms with Crippen LogP contribution >= 0.6 is 27.5 Å². The highest BCUT2D eigenvalue weighted by Crippen LogP contribution is 2.25. The van der Waals surface area contributed by atoms with Gasteiger partial charge in [-0.3, -0.25) is 4.79 Å². The van der Waals surface area contributed by atoms with Crippen LogP contribution in [0.1, 0.15) is 6.92 Å². The third-order valence-corrected chi connectivity index (χ3v) is 2.49. The molecule has 3 N–H and O–H groups in total. The Hall–Kier alpha value is -0.580. The lowest BCUT2D eigenvalue weighted by Gasteiger charge is -2.09. The van der Waals surface area contributed by atoms with Gasteiger partial charge in [0.1, 0.15) is 0 Å². The number of carbonyl (C=O) groups excluding carboxylic acids is 1. The van der Waals surface area contributed by atoms with E-state index >= 15 is 0 Å². The van der Waals surface area contributed by atoms with E-state index < -0.39 is 6.04 Å². The van der Waals surface area contributed by atoms with Crippen molar-refractivity contribution in [1.82, 2.24) is 0 Å². The molecule has 0 saturated carbocycles. The first-order valence-corrected chi connectivity index (χ1v) is 5.19. The Kier molecular flexibility index (Phi) is 3.92. The van der Waals surface area contributed by atoms with Crippen LogP contribution in [0.3, 0.4) is 0 Å².